The minimum atomic E-state index is -1.06. The topological polar surface area (TPSA) is 97.7 Å². The second kappa shape index (κ2) is 8.07. The molecule has 6 unspecified atom stereocenters. The van der Waals surface area contributed by atoms with Crippen LogP contribution >= 0.6 is 0 Å². The van der Waals surface area contributed by atoms with Crippen LogP contribution in [0.15, 0.2) is 35.5 Å². The van der Waals surface area contributed by atoms with Gasteiger partial charge in [0.05, 0.1) is 12.8 Å². The molecule has 0 aromatic rings. The van der Waals surface area contributed by atoms with Crippen LogP contribution in [0.1, 0.15) is 66.2 Å². The van der Waals surface area contributed by atoms with Crippen LogP contribution in [0.2, 0.25) is 0 Å². The average molecular weight is 455 g/mol. The molecule has 0 aliphatic heterocycles. The molecule has 2 saturated carbocycles. The van der Waals surface area contributed by atoms with E-state index >= 15 is 0 Å². The van der Waals surface area contributed by atoms with E-state index in [1.807, 2.05) is 6.92 Å². The maximum atomic E-state index is 13.5. The number of carboxylic acids is 1. The van der Waals surface area contributed by atoms with Crippen molar-refractivity contribution >= 4 is 23.5 Å². The minimum absolute atomic E-state index is 0.0627. The highest BCUT2D eigenvalue weighted by molar-refractivity contribution is 6.01. The largest absolute Gasteiger partial charge is 0.481 e. The molecule has 0 saturated heterocycles. The Morgan fingerprint density at radius 1 is 1.18 bits per heavy atom. The molecule has 0 aromatic carbocycles. The van der Waals surface area contributed by atoms with Crippen LogP contribution in [0, 0.1) is 34.0 Å². The molecule has 4 aliphatic rings. The molecule has 2 fully saturated rings. The fraction of sp³-hybridized carbons (Fsp3) is 0.630. The molecule has 178 valence electrons. The first-order chi connectivity index (χ1) is 15.4. The number of carboxylic acid groups (broad SMARTS) is 1. The fourth-order valence-corrected chi connectivity index (χ4v) is 7.26. The van der Waals surface area contributed by atoms with Gasteiger partial charge in [-0.25, -0.2) is 0 Å². The number of Topliss-reactive ketones (excluding diaryl/α,β-unsaturated/α-hetero) is 1. The summed E-state index contributed by atoms with van der Waals surface area (Å²) in [6, 6.07) is 0. The van der Waals surface area contributed by atoms with Gasteiger partial charge in [0.15, 0.2) is 18.2 Å². The van der Waals surface area contributed by atoms with Gasteiger partial charge in [0.2, 0.25) is 0 Å². The monoisotopic (exact) mass is 454 g/mol. The number of rotatable bonds is 6. The molecule has 6 atom stereocenters. The van der Waals surface area contributed by atoms with Crippen LogP contribution in [-0.2, 0) is 23.9 Å². The van der Waals surface area contributed by atoms with Gasteiger partial charge in [0.25, 0.3) is 0 Å². The van der Waals surface area contributed by atoms with E-state index in [0.717, 1.165) is 25.7 Å². The summed E-state index contributed by atoms with van der Waals surface area (Å²) >= 11 is 0. The molecule has 0 heterocycles. The summed E-state index contributed by atoms with van der Waals surface area (Å²) in [5, 5.41) is 8.75. The van der Waals surface area contributed by atoms with Crippen molar-refractivity contribution in [2.75, 3.05) is 6.61 Å². The second-order valence-electron chi connectivity index (χ2n) is 11.0. The molecule has 0 aromatic heterocycles. The van der Waals surface area contributed by atoms with Crippen molar-refractivity contribution in [2.24, 2.45) is 34.0 Å². The van der Waals surface area contributed by atoms with Gasteiger partial charge < -0.3 is 9.84 Å². The highest BCUT2D eigenvalue weighted by atomic mass is 16.5. The first-order valence-electron chi connectivity index (χ1n) is 12.0. The van der Waals surface area contributed by atoms with Crippen LogP contribution in [0.5, 0.6) is 0 Å². The lowest BCUT2D eigenvalue weighted by atomic mass is 9.49. The Morgan fingerprint density at radius 3 is 2.61 bits per heavy atom. The van der Waals surface area contributed by atoms with Crippen LogP contribution in [0.25, 0.3) is 0 Å². The molecule has 4 aliphatic carbocycles. The molecule has 6 nitrogen and oxygen atoms in total. The number of aliphatic carboxylic acids is 1. The van der Waals surface area contributed by atoms with Gasteiger partial charge >= 0.3 is 11.9 Å². The second-order valence-corrected chi connectivity index (χ2v) is 11.0. The standard InChI is InChI=1S/C27H34O6/c1-16-13-21-19-6-5-17-14-18(28)9-11-25(17,2)20(19)10-12-26(21,3)27(16,4)22(29)15-33-24(32)8-7-23(30)31/h9-11,14,16,19,21H,5-8,12-13,15H2,1-4H3,(H,30,31). The van der Waals surface area contributed by atoms with Gasteiger partial charge in [-0.2, -0.15) is 0 Å². The fourth-order valence-electron chi connectivity index (χ4n) is 7.26. The van der Waals surface area contributed by atoms with Crippen LogP contribution in [0.4, 0.5) is 0 Å². The summed E-state index contributed by atoms with van der Waals surface area (Å²) < 4.78 is 5.19. The number of carbonyl (C=O) groups excluding carboxylic acids is 3. The van der Waals surface area contributed by atoms with E-state index in [2.05, 4.69) is 32.9 Å². The van der Waals surface area contributed by atoms with Gasteiger partial charge in [-0.3, -0.25) is 19.2 Å². The number of hydrogen-bond donors (Lipinski definition) is 1. The van der Waals surface area contributed by atoms with Crippen molar-refractivity contribution in [3.63, 3.8) is 0 Å². The highest BCUT2D eigenvalue weighted by Gasteiger charge is 2.65. The Hall–Kier alpha value is -2.50. The summed E-state index contributed by atoms with van der Waals surface area (Å²) in [5.41, 5.74) is 1.47. The lowest BCUT2D eigenvalue weighted by Gasteiger charge is -2.54. The summed E-state index contributed by atoms with van der Waals surface area (Å²) in [5.74, 6) is -0.887. The van der Waals surface area contributed by atoms with Crippen LogP contribution in [-0.4, -0.2) is 35.2 Å². The Bertz CT molecular complexity index is 1000. The third-order valence-electron chi connectivity index (χ3n) is 9.60. The number of esters is 1. The highest BCUT2D eigenvalue weighted by Crippen LogP contribution is 2.69. The van der Waals surface area contributed by atoms with Crippen molar-refractivity contribution < 1.29 is 29.0 Å². The van der Waals surface area contributed by atoms with Gasteiger partial charge in [-0.15, -0.1) is 0 Å². The van der Waals surface area contributed by atoms with Crippen molar-refractivity contribution in [1.82, 2.24) is 0 Å². The van der Waals surface area contributed by atoms with Gasteiger partial charge in [0, 0.05) is 10.8 Å². The Balaban J connectivity index is 1.58. The number of ketones is 2. The van der Waals surface area contributed by atoms with Crippen LogP contribution < -0.4 is 0 Å². The SMILES string of the molecule is CC1CC2C3CCC4=CC(=O)C=CC4(C)C3=CCC2(C)C1(C)C(=O)COC(=O)CCC(=O)O. The zero-order valence-electron chi connectivity index (χ0n) is 20.0. The van der Waals surface area contributed by atoms with E-state index in [9.17, 15) is 19.2 Å². The zero-order valence-corrected chi connectivity index (χ0v) is 20.0. The quantitative estimate of drug-likeness (QED) is 0.471. The average Bonchev–Trinajstić information content (AvgIpc) is 2.98. The van der Waals surface area contributed by atoms with E-state index in [1.165, 1.54) is 11.1 Å². The number of hydrogen-bond acceptors (Lipinski definition) is 5. The molecule has 4 rings (SSSR count). The van der Waals surface area contributed by atoms with Gasteiger partial charge in [-0.05, 0) is 67.9 Å². The van der Waals surface area contributed by atoms with Crippen molar-refractivity contribution in [3.05, 3.63) is 35.5 Å². The first kappa shape index (κ1) is 23.7. The third-order valence-corrected chi connectivity index (χ3v) is 9.60. The normalized spacial score (nSPS) is 39.0. The predicted octanol–water partition coefficient (Wildman–Crippen LogP) is 4.44. The molecule has 0 bridgehead atoms. The molecular formula is C27H34O6. The molecule has 6 heteroatoms. The lowest BCUT2D eigenvalue weighted by Crippen LogP contribution is -2.51. The summed E-state index contributed by atoms with van der Waals surface area (Å²) in [7, 11) is 0. The van der Waals surface area contributed by atoms with E-state index in [-0.39, 0.29) is 47.8 Å². The summed E-state index contributed by atoms with van der Waals surface area (Å²) in [6.07, 6.45) is 10.9. The smallest absolute Gasteiger partial charge is 0.306 e. The molecule has 0 spiro atoms. The maximum absolute atomic E-state index is 13.5. The third kappa shape index (κ3) is 3.53. The molecule has 1 N–H and O–H groups in total. The number of carbonyl (C=O) groups is 4. The predicted molar refractivity (Wildman–Crippen MR) is 122 cm³/mol. The van der Waals surface area contributed by atoms with Crippen LogP contribution in [0.3, 0.4) is 0 Å². The number of ether oxygens (including phenoxy) is 1. The van der Waals surface area contributed by atoms with Gasteiger partial charge in [-0.1, -0.05) is 44.1 Å². The molecular weight excluding hydrogens is 420 g/mol. The van der Waals surface area contributed by atoms with Crippen molar-refractivity contribution in [1.29, 1.82) is 0 Å². The molecule has 33 heavy (non-hydrogen) atoms. The van der Waals surface area contributed by atoms with E-state index in [1.54, 1.807) is 12.2 Å². The van der Waals surface area contributed by atoms with E-state index in [4.69, 9.17) is 9.84 Å². The lowest BCUT2D eigenvalue weighted by molar-refractivity contribution is -0.156. The zero-order chi connectivity index (χ0) is 24.2. The summed E-state index contributed by atoms with van der Waals surface area (Å²) in [6.45, 7) is 8.27. The Kier molecular flexibility index (Phi) is 5.78. The Labute approximate surface area is 195 Å². The van der Waals surface area contributed by atoms with Gasteiger partial charge in [0.1, 0.15) is 0 Å². The molecule has 0 radical (unpaired) electrons. The molecule has 0 amide bonds. The maximum Gasteiger partial charge on any atom is 0.306 e. The van der Waals surface area contributed by atoms with Crippen molar-refractivity contribution in [2.45, 2.75) is 66.2 Å². The number of fused-ring (bicyclic) bond motifs is 5. The van der Waals surface area contributed by atoms with Crippen molar-refractivity contribution in [3.8, 4) is 0 Å². The Morgan fingerprint density at radius 2 is 1.91 bits per heavy atom. The number of allylic oxidation sites excluding steroid dienone is 6. The van der Waals surface area contributed by atoms with E-state index < -0.39 is 17.4 Å². The minimum Gasteiger partial charge on any atom is -0.481 e. The van der Waals surface area contributed by atoms with E-state index in [0.29, 0.717) is 11.8 Å². The first-order valence-corrected chi connectivity index (χ1v) is 12.0. The summed E-state index contributed by atoms with van der Waals surface area (Å²) in [4.78, 5) is 48.0.